The highest BCUT2D eigenvalue weighted by Gasteiger charge is 2.61. The van der Waals surface area contributed by atoms with Gasteiger partial charge in [0.25, 0.3) is 5.56 Å². The molecule has 1 saturated heterocycles. The van der Waals surface area contributed by atoms with Gasteiger partial charge in [-0.15, -0.1) is 0 Å². The van der Waals surface area contributed by atoms with Crippen LogP contribution in [-0.4, -0.2) is 52.0 Å². The molecule has 2 aliphatic carbocycles. The molecule has 184 valence electrons. The van der Waals surface area contributed by atoms with Gasteiger partial charge in [0.1, 0.15) is 5.83 Å². The molecule has 2 fully saturated rings. The molecule has 0 aromatic carbocycles. The van der Waals surface area contributed by atoms with E-state index in [0.717, 1.165) is 6.08 Å². The maximum atomic E-state index is 15.1. The average molecular weight is 484 g/mol. The third-order valence-corrected chi connectivity index (χ3v) is 6.89. The third kappa shape index (κ3) is 4.25. The van der Waals surface area contributed by atoms with E-state index in [1.807, 2.05) is 0 Å². The minimum absolute atomic E-state index is 0.00408. The van der Waals surface area contributed by atoms with Crippen molar-refractivity contribution in [1.82, 2.24) is 14.5 Å². The quantitative estimate of drug-likeness (QED) is 0.644. The number of alkyl halides is 6. The van der Waals surface area contributed by atoms with Crippen molar-refractivity contribution in [3.8, 4) is 0 Å². The molecule has 1 aliphatic heterocycles. The first-order valence-electron chi connectivity index (χ1n) is 10.6. The fraction of sp³-hybridized carbons (Fsp3) is 0.700. The number of nitrogens with two attached hydrogens (primary N) is 1. The second-order valence-corrected chi connectivity index (χ2v) is 9.10. The molecule has 33 heavy (non-hydrogen) atoms. The van der Waals surface area contributed by atoms with Gasteiger partial charge in [-0.25, -0.2) is 9.18 Å². The van der Waals surface area contributed by atoms with Crippen molar-refractivity contribution in [3.05, 3.63) is 37.9 Å². The number of aromatic nitrogens is 2. The van der Waals surface area contributed by atoms with Crippen LogP contribution in [0.3, 0.4) is 0 Å². The van der Waals surface area contributed by atoms with E-state index in [0.29, 0.717) is 18.5 Å². The normalized spacial score (nSPS) is 27.6. The van der Waals surface area contributed by atoms with Crippen molar-refractivity contribution in [1.29, 1.82) is 0 Å². The molecule has 0 spiro atoms. The van der Waals surface area contributed by atoms with Crippen LogP contribution in [0.25, 0.3) is 6.08 Å². The van der Waals surface area contributed by atoms with E-state index in [-0.39, 0.29) is 31.1 Å². The summed E-state index contributed by atoms with van der Waals surface area (Å²) in [6, 6.07) is -3.41. The molecule has 3 N–H and O–H groups in total. The molecule has 1 saturated carbocycles. The number of hydrogen-bond donors (Lipinski definition) is 2. The molecule has 4 atom stereocenters. The lowest BCUT2D eigenvalue weighted by molar-refractivity contribution is -0.292. The van der Waals surface area contributed by atoms with Crippen LogP contribution in [0.4, 0.5) is 30.7 Å². The second-order valence-electron chi connectivity index (χ2n) is 9.10. The molecule has 13 heteroatoms. The molecule has 1 aromatic heterocycles. The van der Waals surface area contributed by atoms with E-state index in [1.54, 1.807) is 6.92 Å². The lowest BCUT2D eigenvalue weighted by Crippen LogP contribution is -2.53. The molecule has 6 nitrogen and oxygen atoms in total. The third-order valence-electron chi connectivity index (χ3n) is 6.89. The standard InChI is InChI=1S/C20H23F7N4O2/c1-8-14-11(17(32)29-18(33)31(14)10-2-3-10)6-12(21)15(8)30-5-4-9(7-30)13(28)16(19(22,23)24)20(25,26)27/h6,8-10,13,15-16H,2-5,7,28H2,1H3,(H,29,32,33). The minimum Gasteiger partial charge on any atom is -0.327 e. The van der Waals surface area contributed by atoms with Crippen LogP contribution >= 0.6 is 0 Å². The predicted octanol–water partition coefficient (Wildman–Crippen LogP) is 3.06. The van der Waals surface area contributed by atoms with Gasteiger partial charge in [-0.3, -0.25) is 19.2 Å². The summed E-state index contributed by atoms with van der Waals surface area (Å²) in [5.74, 6) is -6.31. The number of halogens is 7. The Morgan fingerprint density at radius 1 is 1.09 bits per heavy atom. The van der Waals surface area contributed by atoms with Gasteiger partial charge in [0.05, 0.1) is 11.6 Å². The van der Waals surface area contributed by atoms with Gasteiger partial charge in [0.2, 0.25) is 0 Å². The Morgan fingerprint density at radius 2 is 1.70 bits per heavy atom. The summed E-state index contributed by atoms with van der Waals surface area (Å²) in [6.45, 7) is 1.35. The van der Waals surface area contributed by atoms with Crippen molar-refractivity contribution in [2.24, 2.45) is 17.6 Å². The molecule has 1 aromatic rings. The molecule has 2 heterocycles. The van der Waals surface area contributed by atoms with E-state index in [2.05, 4.69) is 4.98 Å². The van der Waals surface area contributed by atoms with Crippen LogP contribution in [0, 0.1) is 11.8 Å². The number of likely N-dealkylation sites (tertiary alicyclic amines) is 1. The monoisotopic (exact) mass is 484 g/mol. The molecule has 0 radical (unpaired) electrons. The van der Waals surface area contributed by atoms with E-state index in [4.69, 9.17) is 5.73 Å². The number of nitrogens with one attached hydrogen (secondary N) is 1. The summed E-state index contributed by atoms with van der Waals surface area (Å²) < 4.78 is 95.2. The molecule has 4 rings (SSSR count). The molecule has 0 amide bonds. The average Bonchev–Trinajstić information content (AvgIpc) is 3.36. The van der Waals surface area contributed by atoms with Crippen molar-refractivity contribution in [2.75, 3.05) is 13.1 Å². The fourth-order valence-corrected chi connectivity index (χ4v) is 5.26. The topological polar surface area (TPSA) is 84.1 Å². The summed E-state index contributed by atoms with van der Waals surface area (Å²) >= 11 is 0. The van der Waals surface area contributed by atoms with Gasteiger partial charge >= 0.3 is 18.0 Å². The molecule has 0 bridgehead atoms. The van der Waals surface area contributed by atoms with Crippen LogP contribution in [0.2, 0.25) is 0 Å². The van der Waals surface area contributed by atoms with Gasteiger partial charge in [-0.05, 0) is 37.8 Å². The lowest BCUT2D eigenvalue weighted by atomic mass is 9.86. The van der Waals surface area contributed by atoms with Crippen molar-refractivity contribution >= 4 is 6.08 Å². The van der Waals surface area contributed by atoms with Gasteiger partial charge < -0.3 is 5.73 Å². The maximum absolute atomic E-state index is 15.1. The zero-order valence-electron chi connectivity index (χ0n) is 17.5. The van der Waals surface area contributed by atoms with Crippen LogP contribution < -0.4 is 17.0 Å². The highest BCUT2D eigenvalue weighted by molar-refractivity contribution is 5.59. The molecular formula is C20H23F7N4O2. The Hall–Kier alpha value is -2.15. The summed E-state index contributed by atoms with van der Waals surface area (Å²) in [7, 11) is 0. The highest BCUT2D eigenvalue weighted by Crippen LogP contribution is 2.46. The highest BCUT2D eigenvalue weighted by atomic mass is 19.4. The molecule has 4 unspecified atom stereocenters. The van der Waals surface area contributed by atoms with Crippen LogP contribution in [0.15, 0.2) is 15.4 Å². The van der Waals surface area contributed by atoms with E-state index in [9.17, 15) is 35.9 Å². The zero-order chi connectivity index (χ0) is 24.5. The van der Waals surface area contributed by atoms with Gasteiger partial charge in [0.15, 0.2) is 5.92 Å². The summed E-state index contributed by atoms with van der Waals surface area (Å²) in [6.07, 6.45) is -8.78. The summed E-state index contributed by atoms with van der Waals surface area (Å²) in [4.78, 5) is 28.3. The zero-order valence-corrected chi connectivity index (χ0v) is 17.5. The van der Waals surface area contributed by atoms with Gasteiger partial charge in [-0.2, -0.15) is 26.3 Å². The number of hydrogen-bond acceptors (Lipinski definition) is 4. The van der Waals surface area contributed by atoms with Gasteiger partial charge in [0, 0.05) is 30.2 Å². The molecular weight excluding hydrogens is 461 g/mol. The van der Waals surface area contributed by atoms with Crippen molar-refractivity contribution in [2.45, 2.75) is 62.6 Å². The first-order valence-corrected chi connectivity index (χ1v) is 10.6. The SMILES string of the molecule is CC1c2c(c(=O)[nH]c(=O)n2C2CC2)C=C(F)C1N1CCC(C(N)C(C(F)(F)F)C(F)(F)F)C1. The largest absolute Gasteiger partial charge is 0.402 e. The Kier molecular flexibility index (Phi) is 5.79. The Labute approximate surface area is 183 Å². The number of nitrogens with zero attached hydrogens (tertiary/aromatic N) is 2. The number of H-pyrrole nitrogens is 1. The van der Waals surface area contributed by atoms with Gasteiger partial charge in [-0.1, -0.05) is 6.92 Å². The second kappa shape index (κ2) is 7.97. The minimum atomic E-state index is -5.56. The van der Waals surface area contributed by atoms with Crippen molar-refractivity contribution in [3.63, 3.8) is 0 Å². The van der Waals surface area contributed by atoms with Crippen LogP contribution in [0.5, 0.6) is 0 Å². The molecule has 3 aliphatic rings. The maximum Gasteiger partial charge on any atom is 0.402 e. The fourth-order valence-electron chi connectivity index (χ4n) is 5.26. The smallest absolute Gasteiger partial charge is 0.327 e. The Balaban J connectivity index is 1.63. The summed E-state index contributed by atoms with van der Waals surface area (Å²) in [5, 5.41) is 0. The first-order chi connectivity index (χ1) is 15.2. The Bertz CT molecular complexity index is 1060. The van der Waals surface area contributed by atoms with E-state index in [1.165, 1.54) is 9.47 Å². The number of rotatable bonds is 4. The lowest BCUT2D eigenvalue weighted by Gasteiger charge is -2.37. The summed E-state index contributed by atoms with van der Waals surface area (Å²) in [5.41, 5.74) is 4.44. The Morgan fingerprint density at radius 3 is 2.24 bits per heavy atom. The first kappa shape index (κ1) is 24.0. The van der Waals surface area contributed by atoms with E-state index >= 15 is 4.39 Å². The number of fused-ring (bicyclic) bond motifs is 1. The van der Waals surface area contributed by atoms with Crippen LogP contribution in [-0.2, 0) is 0 Å². The van der Waals surface area contributed by atoms with E-state index < -0.39 is 59.3 Å². The predicted molar refractivity (Wildman–Crippen MR) is 104 cm³/mol. The van der Waals surface area contributed by atoms with Crippen LogP contribution in [0.1, 0.15) is 49.4 Å². The number of aromatic amines is 1. The van der Waals surface area contributed by atoms with Crippen molar-refractivity contribution < 1.29 is 30.7 Å².